The lowest BCUT2D eigenvalue weighted by Crippen LogP contribution is -1.92. The molecule has 1 aliphatic rings. The van der Waals surface area contributed by atoms with Crippen molar-refractivity contribution in [1.29, 1.82) is 0 Å². The lowest BCUT2D eigenvalue weighted by Gasteiger charge is -2.00. The van der Waals surface area contributed by atoms with E-state index in [1.165, 1.54) is 0 Å². The summed E-state index contributed by atoms with van der Waals surface area (Å²) in [6.07, 6.45) is 5.18. The Morgan fingerprint density at radius 1 is 1.62 bits per heavy atom. The third-order valence-electron chi connectivity index (χ3n) is 0.845. The van der Waals surface area contributed by atoms with Gasteiger partial charge in [-0.05, 0) is 18.2 Å². The maximum atomic E-state index is 5.63. The molecule has 1 aliphatic carbocycles. The Morgan fingerprint density at radius 3 is 2.75 bits per heavy atom. The summed E-state index contributed by atoms with van der Waals surface area (Å²) in [5.74, 6) is 0. The Hall–Kier alpha value is -0.160. The summed E-state index contributed by atoms with van der Waals surface area (Å²) in [5.41, 5.74) is 2.82. The molecule has 2 heteroatoms. The molecule has 0 aromatic rings. The molecule has 0 bridgehead atoms. The number of halogens is 2. The summed E-state index contributed by atoms with van der Waals surface area (Å²) < 4.78 is 0. The van der Waals surface area contributed by atoms with Crippen LogP contribution < -0.4 is 0 Å². The van der Waals surface area contributed by atoms with Gasteiger partial charge in [0.05, 0.1) is 5.38 Å². The highest BCUT2D eigenvalue weighted by molar-refractivity contribution is 6.38. The van der Waals surface area contributed by atoms with Gasteiger partial charge in [0.15, 0.2) is 0 Å². The van der Waals surface area contributed by atoms with Crippen LogP contribution in [-0.4, -0.2) is 5.38 Å². The van der Waals surface area contributed by atoms with Crippen LogP contribution in [0.5, 0.6) is 0 Å². The molecule has 0 spiro atoms. The lowest BCUT2D eigenvalue weighted by atomic mass is 10.3. The summed E-state index contributed by atoms with van der Waals surface area (Å²) in [4.78, 5) is 0. The van der Waals surface area contributed by atoms with Crippen LogP contribution in [0.25, 0.3) is 0 Å². The first-order valence-electron chi connectivity index (χ1n) is 2.23. The van der Waals surface area contributed by atoms with Gasteiger partial charge < -0.3 is 0 Å². The third kappa shape index (κ3) is 1.16. The molecule has 1 rings (SSSR count). The summed E-state index contributed by atoms with van der Waals surface area (Å²) in [6, 6.07) is 0. The predicted molar refractivity (Wildman–Crippen MR) is 36.2 cm³/mol. The van der Waals surface area contributed by atoms with E-state index in [-0.39, 0.29) is 5.38 Å². The summed E-state index contributed by atoms with van der Waals surface area (Å²) >= 11 is 11.2. The fourth-order valence-electron chi connectivity index (χ4n) is 0.439. The van der Waals surface area contributed by atoms with Crippen LogP contribution >= 0.6 is 23.2 Å². The van der Waals surface area contributed by atoms with Gasteiger partial charge in [-0.2, -0.15) is 0 Å². The van der Waals surface area contributed by atoms with Gasteiger partial charge in [-0.25, -0.2) is 0 Å². The SMILES string of the molecule is ClC1=CC=C=CC1Cl. The molecule has 0 radical (unpaired) electrons. The monoisotopic (exact) mass is 146 g/mol. The topological polar surface area (TPSA) is 0 Å². The quantitative estimate of drug-likeness (QED) is 0.364. The smallest absolute Gasteiger partial charge is 0.0946 e. The van der Waals surface area contributed by atoms with Crippen LogP contribution in [0.15, 0.2) is 29.0 Å². The molecule has 0 nitrogen and oxygen atoms in total. The molecule has 0 saturated heterocycles. The Morgan fingerprint density at radius 2 is 2.38 bits per heavy atom. The summed E-state index contributed by atoms with van der Waals surface area (Å²) in [5, 5.41) is 0.493. The molecule has 0 N–H and O–H groups in total. The van der Waals surface area contributed by atoms with Gasteiger partial charge in [-0.3, -0.25) is 0 Å². The van der Waals surface area contributed by atoms with Gasteiger partial charge in [-0.1, -0.05) is 11.6 Å². The van der Waals surface area contributed by atoms with Gasteiger partial charge in [0.1, 0.15) is 0 Å². The second-order valence-electron chi connectivity index (χ2n) is 1.45. The van der Waals surface area contributed by atoms with Crippen LogP contribution in [0.1, 0.15) is 0 Å². The number of allylic oxidation sites excluding steroid dienone is 3. The zero-order valence-corrected chi connectivity index (χ0v) is 5.58. The molecule has 0 aliphatic heterocycles. The van der Waals surface area contributed by atoms with E-state index in [2.05, 4.69) is 5.73 Å². The van der Waals surface area contributed by atoms with Gasteiger partial charge in [0.25, 0.3) is 0 Å². The largest absolute Gasteiger partial charge is 0.123 e. The summed E-state index contributed by atoms with van der Waals surface area (Å²) in [7, 11) is 0. The first-order chi connectivity index (χ1) is 3.80. The average Bonchev–Trinajstić information content (AvgIpc) is 1.77. The summed E-state index contributed by atoms with van der Waals surface area (Å²) in [6.45, 7) is 0. The van der Waals surface area contributed by atoms with Crippen molar-refractivity contribution >= 4 is 23.2 Å². The van der Waals surface area contributed by atoms with Crippen LogP contribution in [0.2, 0.25) is 0 Å². The number of hydrogen-bond acceptors (Lipinski definition) is 0. The van der Waals surface area contributed by atoms with Crippen molar-refractivity contribution in [2.75, 3.05) is 0 Å². The zero-order chi connectivity index (χ0) is 5.98. The van der Waals surface area contributed by atoms with Crippen LogP contribution in [0.4, 0.5) is 0 Å². The molecule has 0 aromatic heterocycles. The van der Waals surface area contributed by atoms with Crippen LogP contribution in [-0.2, 0) is 0 Å². The van der Waals surface area contributed by atoms with Crippen molar-refractivity contribution in [1.82, 2.24) is 0 Å². The number of rotatable bonds is 0. The molecular weight excluding hydrogens is 143 g/mol. The Bertz CT molecular complexity index is 173. The second kappa shape index (κ2) is 2.41. The van der Waals surface area contributed by atoms with E-state index in [1.807, 2.05) is 0 Å². The first kappa shape index (κ1) is 5.97. The van der Waals surface area contributed by atoms with Gasteiger partial charge >= 0.3 is 0 Å². The number of alkyl halides is 1. The van der Waals surface area contributed by atoms with E-state index in [4.69, 9.17) is 23.2 Å². The highest BCUT2D eigenvalue weighted by Gasteiger charge is 2.03. The molecule has 1 unspecified atom stereocenters. The van der Waals surface area contributed by atoms with E-state index in [0.29, 0.717) is 5.03 Å². The van der Waals surface area contributed by atoms with Crippen LogP contribution in [0, 0.1) is 0 Å². The third-order valence-corrected chi connectivity index (χ3v) is 1.68. The van der Waals surface area contributed by atoms with Crippen LogP contribution in [0.3, 0.4) is 0 Å². The van der Waals surface area contributed by atoms with Crippen molar-refractivity contribution in [2.45, 2.75) is 5.38 Å². The predicted octanol–water partition coefficient (Wildman–Crippen LogP) is 2.44. The highest BCUT2D eigenvalue weighted by atomic mass is 35.5. The molecule has 0 fully saturated rings. The van der Waals surface area contributed by atoms with E-state index in [9.17, 15) is 0 Å². The van der Waals surface area contributed by atoms with Gasteiger partial charge in [-0.15, -0.1) is 17.3 Å². The van der Waals surface area contributed by atoms with Gasteiger partial charge in [0.2, 0.25) is 0 Å². The van der Waals surface area contributed by atoms with Crippen molar-refractivity contribution in [3.8, 4) is 0 Å². The Balaban J connectivity index is 2.86. The van der Waals surface area contributed by atoms with E-state index < -0.39 is 0 Å². The van der Waals surface area contributed by atoms with Gasteiger partial charge in [0, 0.05) is 5.03 Å². The molecule has 42 valence electrons. The minimum absolute atomic E-state index is 0.165. The molecule has 8 heavy (non-hydrogen) atoms. The van der Waals surface area contributed by atoms with Crippen molar-refractivity contribution in [2.24, 2.45) is 0 Å². The van der Waals surface area contributed by atoms with Crippen molar-refractivity contribution < 1.29 is 0 Å². The number of hydrogen-bond donors (Lipinski definition) is 0. The fourth-order valence-corrected chi connectivity index (χ4v) is 0.711. The molecule has 0 saturated carbocycles. The average molecular weight is 147 g/mol. The minimum atomic E-state index is -0.165. The maximum absolute atomic E-state index is 5.63. The Kier molecular flexibility index (Phi) is 1.80. The van der Waals surface area contributed by atoms with E-state index in [1.54, 1.807) is 18.2 Å². The van der Waals surface area contributed by atoms with Crippen molar-refractivity contribution in [3.05, 3.63) is 29.0 Å². The second-order valence-corrected chi connectivity index (χ2v) is 2.36. The molecule has 1 atom stereocenters. The Labute approximate surface area is 58.1 Å². The molecule has 0 heterocycles. The van der Waals surface area contributed by atoms with E-state index in [0.717, 1.165) is 0 Å². The van der Waals surface area contributed by atoms with Crippen molar-refractivity contribution in [3.63, 3.8) is 0 Å². The molecule has 0 aromatic carbocycles. The minimum Gasteiger partial charge on any atom is -0.123 e. The van der Waals surface area contributed by atoms with E-state index >= 15 is 0 Å². The normalized spacial score (nSPS) is 25.8. The molecular formula is C6H4Cl2. The zero-order valence-electron chi connectivity index (χ0n) is 4.07. The maximum Gasteiger partial charge on any atom is 0.0946 e. The standard InChI is InChI=1S/C6H4Cl2/c7-5-3-1-2-4-6(5)8/h1,3-4,6H. The lowest BCUT2D eigenvalue weighted by molar-refractivity contribution is 1.34. The first-order valence-corrected chi connectivity index (χ1v) is 3.04. The molecule has 0 amide bonds. The highest BCUT2D eigenvalue weighted by Crippen LogP contribution is 2.17. The fraction of sp³-hybridized carbons (Fsp3) is 0.167.